The van der Waals surface area contributed by atoms with Gasteiger partial charge in [0.05, 0.1) is 0 Å². The van der Waals surface area contributed by atoms with Gasteiger partial charge in [-0.1, -0.05) is 35.3 Å². The van der Waals surface area contributed by atoms with Crippen LogP contribution in [0.15, 0.2) is 23.4 Å². The number of hydrogen-bond donors (Lipinski definition) is 4. The van der Waals surface area contributed by atoms with Crippen molar-refractivity contribution in [2.24, 2.45) is 10.9 Å². The lowest BCUT2D eigenvalue weighted by atomic mass is 10.1. The molecule has 0 spiro atoms. The Labute approximate surface area is 126 Å². The zero-order valence-electron chi connectivity index (χ0n) is 10.9. The fourth-order valence-electron chi connectivity index (χ4n) is 1.57. The Bertz CT molecular complexity index is 488. The van der Waals surface area contributed by atoms with E-state index in [1.807, 2.05) is 6.92 Å². The minimum atomic E-state index is -0.416. The Kier molecular flexibility index (Phi) is 6.41. The van der Waals surface area contributed by atoms with Crippen molar-refractivity contribution in [3.63, 3.8) is 0 Å². The molecule has 1 rings (SSSR count). The number of amidine groups is 1. The lowest BCUT2D eigenvalue weighted by molar-refractivity contribution is 0.248. The fourth-order valence-corrected chi connectivity index (χ4v) is 2.10. The highest BCUT2D eigenvalue weighted by molar-refractivity contribution is 6.35. The number of nitrogens with one attached hydrogen (secondary N) is 2. The molecule has 0 heterocycles. The van der Waals surface area contributed by atoms with Gasteiger partial charge in [-0.2, -0.15) is 0 Å². The molecule has 0 aliphatic carbocycles. The van der Waals surface area contributed by atoms with Gasteiger partial charge < -0.3 is 21.6 Å². The van der Waals surface area contributed by atoms with Crippen LogP contribution in [0.5, 0.6) is 0 Å². The number of nitrogens with zero attached hydrogens (tertiary/aromatic N) is 1. The minimum absolute atomic E-state index is 0.0583. The number of benzene rings is 1. The van der Waals surface area contributed by atoms with Crippen LogP contribution in [0, 0.1) is 0 Å². The number of halogens is 2. The molecule has 0 fully saturated rings. The molecule has 0 aromatic heterocycles. The van der Waals surface area contributed by atoms with Crippen LogP contribution in [-0.4, -0.2) is 23.1 Å². The Morgan fingerprint density at radius 2 is 2.00 bits per heavy atom. The number of carbonyl (C=O) groups excluding carboxylic acids is 1. The summed E-state index contributed by atoms with van der Waals surface area (Å²) in [6.45, 7) is 1.88. The third-order valence-electron chi connectivity index (χ3n) is 2.53. The van der Waals surface area contributed by atoms with E-state index in [1.54, 1.807) is 18.2 Å². The number of amides is 2. The molecule has 5 N–H and O–H groups in total. The van der Waals surface area contributed by atoms with E-state index in [0.29, 0.717) is 22.2 Å². The smallest absolute Gasteiger partial charge is 0.319 e. The zero-order valence-corrected chi connectivity index (χ0v) is 12.4. The number of carbonyl (C=O) groups is 1. The highest BCUT2D eigenvalue weighted by Crippen LogP contribution is 2.22. The summed E-state index contributed by atoms with van der Waals surface area (Å²) in [6, 6.07) is 4.08. The SMILES string of the molecule is CCC(C/C(N)=N/O)NC(=O)Nc1cc(Cl)cc(Cl)c1. The van der Waals surface area contributed by atoms with E-state index < -0.39 is 6.03 Å². The fraction of sp³-hybridized carbons (Fsp3) is 0.333. The molecule has 1 aromatic rings. The molecule has 0 saturated heterocycles. The summed E-state index contributed by atoms with van der Waals surface area (Å²) < 4.78 is 0. The van der Waals surface area contributed by atoms with Gasteiger partial charge in [0.25, 0.3) is 0 Å². The van der Waals surface area contributed by atoms with E-state index in [4.69, 9.17) is 34.1 Å². The number of nitrogens with two attached hydrogens (primary N) is 1. The van der Waals surface area contributed by atoms with Crippen LogP contribution < -0.4 is 16.4 Å². The Morgan fingerprint density at radius 1 is 1.40 bits per heavy atom. The summed E-state index contributed by atoms with van der Waals surface area (Å²) in [7, 11) is 0. The minimum Gasteiger partial charge on any atom is -0.409 e. The molecule has 1 unspecified atom stereocenters. The van der Waals surface area contributed by atoms with Crippen molar-refractivity contribution >= 4 is 40.8 Å². The predicted octanol–water partition coefficient (Wildman–Crippen LogP) is 3.03. The van der Waals surface area contributed by atoms with Crippen LogP contribution in [0.1, 0.15) is 19.8 Å². The highest BCUT2D eigenvalue weighted by atomic mass is 35.5. The largest absolute Gasteiger partial charge is 0.409 e. The molecule has 6 nitrogen and oxygen atoms in total. The summed E-state index contributed by atoms with van der Waals surface area (Å²) in [5.41, 5.74) is 5.90. The van der Waals surface area contributed by atoms with Gasteiger partial charge in [0.15, 0.2) is 0 Å². The number of hydrogen-bond acceptors (Lipinski definition) is 3. The van der Waals surface area contributed by atoms with Gasteiger partial charge in [-0.15, -0.1) is 0 Å². The van der Waals surface area contributed by atoms with Crippen molar-refractivity contribution in [3.8, 4) is 0 Å². The van der Waals surface area contributed by atoms with Crippen LogP contribution in [0.4, 0.5) is 10.5 Å². The van der Waals surface area contributed by atoms with E-state index in [9.17, 15) is 4.79 Å². The van der Waals surface area contributed by atoms with Crippen molar-refractivity contribution in [2.75, 3.05) is 5.32 Å². The van der Waals surface area contributed by atoms with Gasteiger partial charge in [0.2, 0.25) is 0 Å². The number of oxime groups is 1. The van der Waals surface area contributed by atoms with Gasteiger partial charge in [-0.05, 0) is 24.6 Å². The van der Waals surface area contributed by atoms with E-state index in [0.717, 1.165) is 0 Å². The molecule has 20 heavy (non-hydrogen) atoms. The third-order valence-corrected chi connectivity index (χ3v) is 2.97. The summed E-state index contributed by atoms with van der Waals surface area (Å²) in [5, 5.41) is 17.6. The first kappa shape index (κ1) is 16.4. The number of urea groups is 1. The van der Waals surface area contributed by atoms with E-state index in [2.05, 4.69) is 15.8 Å². The predicted molar refractivity (Wildman–Crippen MR) is 80.7 cm³/mol. The average Bonchev–Trinajstić information content (AvgIpc) is 2.36. The monoisotopic (exact) mass is 318 g/mol. The highest BCUT2D eigenvalue weighted by Gasteiger charge is 2.12. The van der Waals surface area contributed by atoms with Crippen molar-refractivity contribution in [3.05, 3.63) is 28.2 Å². The van der Waals surface area contributed by atoms with Crippen LogP contribution in [0.3, 0.4) is 0 Å². The van der Waals surface area contributed by atoms with Crippen LogP contribution in [0.25, 0.3) is 0 Å². The molecular formula is C12H16Cl2N4O2. The lowest BCUT2D eigenvalue weighted by Gasteiger charge is -2.16. The molecule has 110 valence electrons. The molecular weight excluding hydrogens is 303 g/mol. The molecule has 0 aliphatic rings. The number of rotatable bonds is 5. The first-order valence-corrected chi connectivity index (χ1v) is 6.70. The second kappa shape index (κ2) is 7.81. The van der Waals surface area contributed by atoms with Gasteiger partial charge in [-0.3, -0.25) is 0 Å². The molecule has 0 radical (unpaired) electrons. The molecule has 0 aliphatic heterocycles. The van der Waals surface area contributed by atoms with Crippen LogP contribution >= 0.6 is 23.2 Å². The zero-order chi connectivity index (χ0) is 15.1. The standard InChI is InChI=1S/C12H16Cl2N4O2/c1-2-9(6-11(15)18-20)16-12(19)17-10-4-7(13)3-8(14)5-10/h3-5,9,20H,2,6H2,1H3,(H2,15,18)(H2,16,17,19). The van der Waals surface area contributed by atoms with Crippen molar-refractivity contribution < 1.29 is 10.0 Å². The van der Waals surface area contributed by atoms with E-state index in [1.165, 1.54) is 0 Å². The van der Waals surface area contributed by atoms with E-state index in [-0.39, 0.29) is 18.3 Å². The summed E-state index contributed by atoms with van der Waals surface area (Å²) in [5.74, 6) is 0.0583. The molecule has 0 saturated carbocycles. The van der Waals surface area contributed by atoms with Gasteiger partial charge in [0.1, 0.15) is 5.84 Å². The maximum absolute atomic E-state index is 11.8. The molecule has 0 bridgehead atoms. The average molecular weight is 319 g/mol. The number of anilines is 1. The van der Waals surface area contributed by atoms with Gasteiger partial charge in [0, 0.05) is 28.2 Å². The Balaban J connectivity index is 2.61. The molecule has 1 atom stereocenters. The summed E-state index contributed by atoms with van der Waals surface area (Å²) in [4.78, 5) is 11.8. The summed E-state index contributed by atoms with van der Waals surface area (Å²) in [6.07, 6.45) is 0.899. The Morgan fingerprint density at radius 3 is 2.50 bits per heavy atom. The van der Waals surface area contributed by atoms with Gasteiger partial charge in [-0.25, -0.2) is 4.79 Å². The van der Waals surface area contributed by atoms with Crippen molar-refractivity contribution in [2.45, 2.75) is 25.8 Å². The van der Waals surface area contributed by atoms with Crippen LogP contribution in [0.2, 0.25) is 10.0 Å². The van der Waals surface area contributed by atoms with Crippen LogP contribution in [-0.2, 0) is 0 Å². The lowest BCUT2D eigenvalue weighted by Crippen LogP contribution is -2.40. The summed E-state index contributed by atoms with van der Waals surface area (Å²) >= 11 is 11.7. The molecule has 2 amide bonds. The van der Waals surface area contributed by atoms with Crippen molar-refractivity contribution in [1.82, 2.24) is 5.32 Å². The van der Waals surface area contributed by atoms with E-state index >= 15 is 0 Å². The maximum Gasteiger partial charge on any atom is 0.319 e. The second-order valence-electron chi connectivity index (χ2n) is 4.16. The first-order valence-electron chi connectivity index (χ1n) is 5.94. The maximum atomic E-state index is 11.8. The first-order chi connectivity index (χ1) is 9.44. The third kappa shape index (κ3) is 5.54. The second-order valence-corrected chi connectivity index (χ2v) is 5.03. The quantitative estimate of drug-likeness (QED) is 0.290. The van der Waals surface area contributed by atoms with Gasteiger partial charge >= 0.3 is 6.03 Å². The molecule has 8 heteroatoms. The van der Waals surface area contributed by atoms with Crippen molar-refractivity contribution in [1.29, 1.82) is 0 Å². The molecule has 1 aromatic carbocycles. The normalized spacial score (nSPS) is 12.8. The topological polar surface area (TPSA) is 99.7 Å². The Hall–Kier alpha value is -1.66.